The van der Waals surface area contributed by atoms with Gasteiger partial charge in [0.25, 0.3) is 10.1 Å². The molecule has 1 aliphatic rings. The average Bonchev–Trinajstić information content (AvgIpc) is 2.65. The van der Waals surface area contributed by atoms with Gasteiger partial charge in [-0.3, -0.25) is 4.18 Å². The number of hydrogen-bond acceptors (Lipinski definition) is 7. The van der Waals surface area contributed by atoms with Crippen molar-refractivity contribution in [3.8, 4) is 0 Å². The molecule has 0 saturated heterocycles. The molecule has 0 aromatic heterocycles. The van der Waals surface area contributed by atoms with Gasteiger partial charge in [-0.2, -0.15) is 8.42 Å². The van der Waals surface area contributed by atoms with Crippen LogP contribution < -0.4 is 0 Å². The van der Waals surface area contributed by atoms with Crippen molar-refractivity contribution >= 4 is 22.2 Å². The Kier molecular flexibility index (Phi) is 3.95. The number of hydrogen-bond donors (Lipinski definition) is 0. The highest BCUT2D eigenvalue weighted by Gasteiger charge is 2.43. The van der Waals surface area contributed by atoms with Gasteiger partial charge in [0.1, 0.15) is 0 Å². The molecule has 0 aromatic carbocycles. The van der Waals surface area contributed by atoms with Gasteiger partial charge in [0, 0.05) is 12.0 Å². The summed E-state index contributed by atoms with van der Waals surface area (Å²) in [4.78, 5) is 4.15. The highest BCUT2D eigenvalue weighted by Crippen LogP contribution is 2.38. The van der Waals surface area contributed by atoms with Gasteiger partial charge < -0.3 is 0 Å². The molecule has 0 aliphatic heterocycles. The van der Waals surface area contributed by atoms with Crippen LogP contribution in [0.25, 0.3) is 0 Å². The van der Waals surface area contributed by atoms with Gasteiger partial charge in [-0.1, -0.05) is 5.04 Å². The van der Waals surface area contributed by atoms with Crippen molar-refractivity contribution in [1.82, 2.24) is 0 Å². The van der Waals surface area contributed by atoms with E-state index in [2.05, 4.69) is 18.4 Å². The molecule has 13 heavy (non-hydrogen) atoms. The third kappa shape index (κ3) is 4.79. The average molecular weight is 230 g/mol. The van der Waals surface area contributed by atoms with Crippen LogP contribution in [0.4, 0.5) is 0 Å². The monoisotopic (exact) mass is 230 g/mol. The maximum Gasteiger partial charge on any atom is 0.264 e. The minimum atomic E-state index is -3.37. The third-order valence-corrected chi connectivity index (χ3v) is 2.71. The lowest BCUT2D eigenvalue weighted by Crippen LogP contribution is -2.06. The van der Waals surface area contributed by atoms with Crippen LogP contribution in [0, 0.1) is 0 Å². The predicted molar refractivity (Wildman–Crippen MR) is 44.9 cm³/mol. The lowest BCUT2D eigenvalue weighted by Gasteiger charge is -1.98. The van der Waals surface area contributed by atoms with Gasteiger partial charge in [0.2, 0.25) is 0 Å². The predicted octanol–water partition coefficient (Wildman–Crippen LogP) is 0.261. The minimum absolute atomic E-state index is 0.00938. The van der Waals surface area contributed by atoms with Gasteiger partial charge in [-0.15, -0.1) is 4.33 Å². The molecule has 1 saturated carbocycles. The summed E-state index contributed by atoms with van der Waals surface area (Å²) >= 11 is 0.979. The first kappa shape index (κ1) is 11.2. The Morgan fingerprint density at radius 2 is 2.15 bits per heavy atom. The first-order valence-electron chi connectivity index (χ1n) is 3.44. The fourth-order valence-electron chi connectivity index (χ4n) is 0.672. The fourth-order valence-corrected chi connectivity index (χ4v) is 2.04. The summed E-state index contributed by atoms with van der Waals surface area (Å²) in [6, 6.07) is 0. The second kappa shape index (κ2) is 4.58. The van der Waals surface area contributed by atoms with E-state index < -0.39 is 10.1 Å². The van der Waals surface area contributed by atoms with E-state index >= 15 is 0 Å². The summed E-state index contributed by atoms with van der Waals surface area (Å²) in [5.41, 5.74) is 0. The van der Waals surface area contributed by atoms with Crippen molar-refractivity contribution in [3.05, 3.63) is 0 Å². The summed E-state index contributed by atoms with van der Waals surface area (Å²) in [6.45, 7) is 0. The molecule has 1 rings (SSSR count). The first-order valence-corrected chi connectivity index (χ1v) is 6.06. The molecule has 0 bridgehead atoms. The molecule has 6 nitrogen and oxygen atoms in total. The van der Waals surface area contributed by atoms with Gasteiger partial charge in [-0.25, -0.2) is 4.89 Å². The summed E-state index contributed by atoms with van der Waals surface area (Å²) in [5, 5.41) is 4.11. The zero-order valence-corrected chi connectivity index (χ0v) is 8.76. The zero-order chi connectivity index (χ0) is 9.90. The molecule has 78 valence electrons. The Balaban J connectivity index is 2.09. The van der Waals surface area contributed by atoms with E-state index in [9.17, 15) is 8.42 Å². The molecule has 0 heterocycles. The Morgan fingerprint density at radius 1 is 1.46 bits per heavy atom. The van der Waals surface area contributed by atoms with Crippen LogP contribution in [0.2, 0.25) is 0 Å². The molecule has 8 heteroatoms. The van der Waals surface area contributed by atoms with Crippen LogP contribution in [0.5, 0.6) is 0 Å². The van der Waals surface area contributed by atoms with Crippen LogP contribution in [-0.2, 0) is 28.6 Å². The summed E-state index contributed by atoms with van der Waals surface area (Å²) in [6.07, 6.45) is 1.34. The molecule has 0 radical (unpaired) electrons. The van der Waals surface area contributed by atoms with Gasteiger partial charge in [0.05, 0.1) is 24.7 Å². The molecule has 1 fully saturated rings. The van der Waals surface area contributed by atoms with E-state index in [-0.39, 0.29) is 11.4 Å². The van der Waals surface area contributed by atoms with Gasteiger partial charge in [0.15, 0.2) is 0 Å². The van der Waals surface area contributed by atoms with Crippen LogP contribution in [0.3, 0.4) is 0 Å². The Hall–Kier alpha value is 0.140. The Labute approximate surface area is 80.7 Å². The van der Waals surface area contributed by atoms with E-state index in [1.54, 1.807) is 0 Å². The van der Waals surface area contributed by atoms with Crippen molar-refractivity contribution in [1.29, 1.82) is 0 Å². The molecule has 0 N–H and O–H groups in total. The SMILES string of the molecule is COOOS[C@@H]1C[C@H]1OS(C)(=O)=O. The first-order chi connectivity index (χ1) is 6.03. The smallest absolute Gasteiger partial charge is 0.264 e. The van der Waals surface area contributed by atoms with Gasteiger partial charge >= 0.3 is 0 Å². The Bertz CT molecular complexity index is 250. The van der Waals surface area contributed by atoms with Gasteiger partial charge in [-0.05, 0) is 6.42 Å². The highest BCUT2D eigenvalue weighted by molar-refractivity contribution is 7.95. The minimum Gasteiger partial charge on any atom is -0.266 e. The van der Waals surface area contributed by atoms with E-state index in [1.807, 2.05) is 0 Å². The van der Waals surface area contributed by atoms with Crippen molar-refractivity contribution in [3.63, 3.8) is 0 Å². The largest absolute Gasteiger partial charge is 0.266 e. The third-order valence-electron chi connectivity index (χ3n) is 1.23. The van der Waals surface area contributed by atoms with E-state index in [1.165, 1.54) is 7.11 Å². The van der Waals surface area contributed by atoms with Crippen molar-refractivity contribution in [2.45, 2.75) is 17.8 Å². The van der Waals surface area contributed by atoms with E-state index in [0.29, 0.717) is 6.42 Å². The van der Waals surface area contributed by atoms with Crippen LogP contribution in [-0.4, -0.2) is 33.1 Å². The lowest BCUT2D eigenvalue weighted by molar-refractivity contribution is -0.447. The highest BCUT2D eigenvalue weighted by atomic mass is 32.2. The van der Waals surface area contributed by atoms with Crippen molar-refractivity contribution < 1.29 is 26.9 Å². The standard InChI is InChI=1S/C5H10O6S2/c1-8-10-11-12-5-3-4(5)9-13(2,6)7/h4-5H,3H2,1-2H3/t4-,5-/m1/s1. The second-order valence-electron chi connectivity index (χ2n) is 2.51. The zero-order valence-electron chi connectivity index (χ0n) is 7.13. The van der Waals surface area contributed by atoms with Crippen LogP contribution >= 0.6 is 12.0 Å². The summed E-state index contributed by atoms with van der Waals surface area (Å²) in [5.74, 6) is 0. The topological polar surface area (TPSA) is 71.1 Å². The second-order valence-corrected chi connectivity index (χ2v) is 5.05. The molecule has 1 aliphatic carbocycles. The molecule has 0 amide bonds. The molecule has 0 unspecified atom stereocenters. The molecule has 2 atom stereocenters. The summed E-state index contributed by atoms with van der Waals surface area (Å²) < 4.78 is 30.4. The molecular formula is C5H10O6S2. The lowest BCUT2D eigenvalue weighted by atomic mass is 10.9. The summed E-state index contributed by atoms with van der Waals surface area (Å²) in [7, 11) is -2.06. The van der Waals surface area contributed by atoms with E-state index in [4.69, 9.17) is 0 Å². The van der Waals surface area contributed by atoms with Crippen LogP contribution in [0.15, 0.2) is 0 Å². The fraction of sp³-hybridized carbons (Fsp3) is 1.00. The molecule has 0 spiro atoms. The number of rotatable bonds is 6. The normalized spacial score (nSPS) is 27.5. The maximum atomic E-state index is 10.6. The maximum absolute atomic E-state index is 10.6. The van der Waals surface area contributed by atoms with Crippen molar-refractivity contribution in [2.24, 2.45) is 0 Å². The molecule has 0 aromatic rings. The molecular weight excluding hydrogens is 220 g/mol. The Morgan fingerprint density at radius 3 is 2.69 bits per heavy atom. The van der Waals surface area contributed by atoms with Crippen molar-refractivity contribution in [2.75, 3.05) is 13.4 Å². The quantitative estimate of drug-likeness (QED) is 0.213. The van der Waals surface area contributed by atoms with E-state index in [0.717, 1.165) is 18.3 Å². The van der Waals surface area contributed by atoms with Crippen LogP contribution in [0.1, 0.15) is 6.42 Å².